The van der Waals surface area contributed by atoms with E-state index < -0.39 is 0 Å². The Bertz CT molecular complexity index is 198. The molecule has 3 rings (SSSR count). The highest BCUT2D eigenvalue weighted by Crippen LogP contribution is 2.39. The molecule has 0 aliphatic heterocycles. The summed E-state index contributed by atoms with van der Waals surface area (Å²) in [5.41, 5.74) is 1.71. The van der Waals surface area contributed by atoms with Gasteiger partial charge in [0.25, 0.3) is 0 Å². The molecule has 2 bridgehead atoms. The fraction of sp³-hybridized carbons (Fsp3) is 0.636. The van der Waals surface area contributed by atoms with Crippen LogP contribution in [0.25, 0.3) is 0 Å². The maximum atomic E-state index is 2.43. The Balaban J connectivity index is 2.17. The van der Waals surface area contributed by atoms with Crippen LogP contribution < -0.4 is 0 Å². The monoisotopic (exact) mass is 148 g/mol. The Hall–Kier alpha value is -0.520. The smallest absolute Gasteiger partial charge is 0.00228 e. The first-order valence-corrected chi connectivity index (χ1v) is 4.77. The van der Waals surface area contributed by atoms with Crippen molar-refractivity contribution in [1.29, 1.82) is 0 Å². The molecule has 60 valence electrons. The first-order valence-electron chi connectivity index (χ1n) is 4.77. The summed E-state index contributed by atoms with van der Waals surface area (Å²) < 4.78 is 0. The fourth-order valence-corrected chi connectivity index (χ4v) is 2.31. The normalized spacial score (nSPS) is 38.5. The van der Waals surface area contributed by atoms with Crippen LogP contribution in [0, 0.1) is 11.8 Å². The van der Waals surface area contributed by atoms with Gasteiger partial charge >= 0.3 is 0 Å². The van der Waals surface area contributed by atoms with Gasteiger partial charge in [-0.25, -0.2) is 0 Å². The Labute approximate surface area is 69.0 Å². The van der Waals surface area contributed by atoms with Gasteiger partial charge in [-0.05, 0) is 37.5 Å². The summed E-state index contributed by atoms with van der Waals surface area (Å²) in [7, 11) is 0. The lowest BCUT2D eigenvalue weighted by atomic mass is 9.72. The molecule has 3 aliphatic rings. The summed E-state index contributed by atoms with van der Waals surface area (Å²) in [4.78, 5) is 0. The third kappa shape index (κ3) is 1.26. The molecule has 11 heavy (non-hydrogen) atoms. The van der Waals surface area contributed by atoms with Gasteiger partial charge in [0.2, 0.25) is 0 Å². The minimum atomic E-state index is 0.819. The summed E-state index contributed by atoms with van der Waals surface area (Å²) in [6.07, 6.45) is 12.7. The molecular weight excluding hydrogens is 132 g/mol. The summed E-state index contributed by atoms with van der Waals surface area (Å²) >= 11 is 0. The number of fused-ring (bicyclic) bond motifs is 2. The largest absolute Gasteiger partial charge is 0.0850 e. The van der Waals surface area contributed by atoms with E-state index in [0.29, 0.717) is 0 Å². The highest BCUT2D eigenvalue weighted by Gasteiger charge is 2.25. The standard InChI is InChI=1S/C11H16/c1-2-3-11-8-9-4-6-10(11)7-5-9/h3-4,6,9-10H,2,5,7-8H2,1H3. The van der Waals surface area contributed by atoms with E-state index in [1.165, 1.54) is 25.7 Å². The average Bonchev–Trinajstić information content (AvgIpc) is 2.07. The van der Waals surface area contributed by atoms with Gasteiger partial charge in [-0.15, -0.1) is 0 Å². The van der Waals surface area contributed by atoms with Crippen molar-refractivity contribution >= 4 is 0 Å². The summed E-state index contributed by atoms with van der Waals surface area (Å²) in [5, 5.41) is 0. The van der Waals surface area contributed by atoms with Crippen LogP contribution in [0.15, 0.2) is 23.8 Å². The second-order valence-corrected chi connectivity index (χ2v) is 3.72. The van der Waals surface area contributed by atoms with Crippen molar-refractivity contribution in [2.24, 2.45) is 11.8 Å². The first-order chi connectivity index (χ1) is 5.40. The van der Waals surface area contributed by atoms with Crippen LogP contribution in [0.5, 0.6) is 0 Å². The zero-order valence-electron chi connectivity index (χ0n) is 7.22. The molecule has 0 spiro atoms. The third-order valence-electron chi connectivity index (χ3n) is 2.90. The van der Waals surface area contributed by atoms with E-state index in [0.717, 1.165) is 11.8 Å². The quantitative estimate of drug-likeness (QED) is 0.500. The van der Waals surface area contributed by atoms with Gasteiger partial charge in [-0.1, -0.05) is 30.7 Å². The van der Waals surface area contributed by atoms with Gasteiger partial charge < -0.3 is 0 Å². The van der Waals surface area contributed by atoms with E-state index in [4.69, 9.17) is 0 Å². The van der Waals surface area contributed by atoms with E-state index in [-0.39, 0.29) is 0 Å². The lowest BCUT2D eigenvalue weighted by molar-refractivity contribution is 0.410. The van der Waals surface area contributed by atoms with E-state index >= 15 is 0 Å². The SMILES string of the molecule is CCC=C1CC2C=CC1CC2. The Morgan fingerprint density at radius 2 is 2.36 bits per heavy atom. The number of hydrogen-bond donors (Lipinski definition) is 0. The minimum absolute atomic E-state index is 0.819. The van der Waals surface area contributed by atoms with Gasteiger partial charge in [-0.3, -0.25) is 0 Å². The van der Waals surface area contributed by atoms with Crippen LogP contribution in [0.2, 0.25) is 0 Å². The Kier molecular flexibility index (Phi) is 1.85. The molecule has 1 saturated carbocycles. The maximum absolute atomic E-state index is 2.43. The first kappa shape index (κ1) is 7.15. The van der Waals surface area contributed by atoms with E-state index in [9.17, 15) is 0 Å². The molecular formula is C11H16. The van der Waals surface area contributed by atoms with Crippen molar-refractivity contribution in [2.75, 3.05) is 0 Å². The van der Waals surface area contributed by atoms with E-state index in [2.05, 4.69) is 25.2 Å². The minimum Gasteiger partial charge on any atom is -0.0850 e. The molecule has 0 saturated heterocycles. The molecule has 3 aliphatic carbocycles. The second kappa shape index (κ2) is 2.84. The van der Waals surface area contributed by atoms with Gasteiger partial charge in [0, 0.05) is 0 Å². The van der Waals surface area contributed by atoms with Crippen LogP contribution >= 0.6 is 0 Å². The summed E-state index contributed by atoms with van der Waals surface area (Å²) in [6, 6.07) is 0. The Morgan fingerprint density at radius 3 is 2.82 bits per heavy atom. The van der Waals surface area contributed by atoms with Crippen molar-refractivity contribution in [1.82, 2.24) is 0 Å². The van der Waals surface area contributed by atoms with Crippen molar-refractivity contribution in [3.63, 3.8) is 0 Å². The van der Waals surface area contributed by atoms with Crippen LogP contribution in [0.3, 0.4) is 0 Å². The molecule has 0 aromatic rings. The maximum Gasteiger partial charge on any atom is -0.00228 e. The molecule has 0 aromatic heterocycles. The molecule has 0 heteroatoms. The van der Waals surface area contributed by atoms with Crippen LogP contribution in [0.1, 0.15) is 32.6 Å². The molecule has 2 unspecified atom stereocenters. The number of hydrogen-bond acceptors (Lipinski definition) is 0. The van der Waals surface area contributed by atoms with Gasteiger partial charge in [0.05, 0.1) is 0 Å². The molecule has 0 heterocycles. The number of allylic oxidation sites excluding steroid dienone is 4. The molecule has 2 atom stereocenters. The zero-order chi connectivity index (χ0) is 7.68. The average molecular weight is 148 g/mol. The van der Waals surface area contributed by atoms with Crippen molar-refractivity contribution in [3.8, 4) is 0 Å². The lowest BCUT2D eigenvalue weighted by Gasteiger charge is -2.33. The van der Waals surface area contributed by atoms with E-state index in [1.54, 1.807) is 5.57 Å². The zero-order valence-corrected chi connectivity index (χ0v) is 7.22. The second-order valence-electron chi connectivity index (χ2n) is 3.72. The third-order valence-corrected chi connectivity index (χ3v) is 2.90. The lowest BCUT2D eigenvalue weighted by Crippen LogP contribution is -2.19. The highest BCUT2D eigenvalue weighted by atomic mass is 14.3. The summed E-state index contributed by atoms with van der Waals surface area (Å²) in [6.45, 7) is 2.24. The fourth-order valence-electron chi connectivity index (χ4n) is 2.31. The van der Waals surface area contributed by atoms with Crippen LogP contribution in [-0.2, 0) is 0 Å². The van der Waals surface area contributed by atoms with Crippen molar-refractivity contribution in [3.05, 3.63) is 23.8 Å². The van der Waals surface area contributed by atoms with E-state index in [1.807, 2.05) is 0 Å². The topological polar surface area (TPSA) is 0 Å². The molecule has 1 fully saturated rings. The van der Waals surface area contributed by atoms with Gasteiger partial charge in [0.1, 0.15) is 0 Å². The van der Waals surface area contributed by atoms with Gasteiger partial charge in [0.15, 0.2) is 0 Å². The van der Waals surface area contributed by atoms with Crippen molar-refractivity contribution in [2.45, 2.75) is 32.6 Å². The molecule has 0 aromatic carbocycles. The predicted octanol–water partition coefficient (Wildman–Crippen LogP) is 3.31. The van der Waals surface area contributed by atoms with Crippen LogP contribution in [-0.4, -0.2) is 0 Å². The highest BCUT2D eigenvalue weighted by molar-refractivity contribution is 5.23. The summed E-state index contributed by atoms with van der Waals surface area (Å²) in [5.74, 6) is 1.71. The van der Waals surface area contributed by atoms with Crippen molar-refractivity contribution < 1.29 is 0 Å². The number of rotatable bonds is 1. The van der Waals surface area contributed by atoms with Gasteiger partial charge in [-0.2, -0.15) is 0 Å². The van der Waals surface area contributed by atoms with Crippen LogP contribution in [0.4, 0.5) is 0 Å². The molecule has 0 N–H and O–H groups in total. The molecule has 0 radical (unpaired) electrons. The predicted molar refractivity (Wildman–Crippen MR) is 48.3 cm³/mol. The Morgan fingerprint density at radius 1 is 1.45 bits per heavy atom. The molecule has 0 amide bonds. The molecule has 0 nitrogen and oxygen atoms in total.